The van der Waals surface area contributed by atoms with E-state index < -0.39 is 0 Å². The van der Waals surface area contributed by atoms with Gasteiger partial charge in [-0.2, -0.15) is 0 Å². The van der Waals surface area contributed by atoms with Crippen molar-refractivity contribution in [1.82, 2.24) is 4.98 Å². The number of nitrogens with zero attached hydrogens (tertiary/aromatic N) is 1. The van der Waals surface area contributed by atoms with E-state index in [-0.39, 0.29) is 6.04 Å². The third-order valence-corrected chi connectivity index (χ3v) is 3.87. The van der Waals surface area contributed by atoms with Crippen LogP contribution in [0.4, 0.5) is 0 Å². The van der Waals surface area contributed by atoms with Gasteiger partial charge in [-0.25, -0.2) is 0 Å². The molecule has 0 aliphatic rings. The smallest absolute Gasteiger partial charge is 0.0713 e. The summed E-state index contributed by atoms with van der Waals surface area (Å²) in [5, 5.41) is 0. The lowest BCUT2D eigenvalue weighted by Crippen LogP contribution is -2.12. The van der Waals surface area contributed by atoms with Crippen molar-refractivity contribution in [2.75, 3.05) is 0 Å². The van der Waals surface area contributed by atoms with Gasteiger partial charge in [0.25, 0.3) is 0 Å². The summed E-state index contributed by atoms with van der Waals surface area (Å²) in [6.07, 6.45) is 9.20. The van der Waals surface area contributed by atoms with E-state index >= 15 is 0 Å². The van der Waals surface area contributed by atoms with Gasteiger partial charge in [-0.05, 0) is 44.3 Å². The highest BCUT2D eigenvalue weighted by molar-refractivity contribution is 9.11. The fraction of sp³-hybridized carbons (Fsp3) is 0.615. The van der Waals surface area contributed by atoms with Crippen molar-refractivity contribution in [2.24, 2.45) is 5.73 Å². The first-order valence-corrected chi connectivity index (χ1v) is 7.80. The van der Waals surface area contributed by atoms with Crippen LogP contribution in [-0.4, -0.2) is 4.98 Å². The van der Waals surface area contributed by atoms with Crippen LogP contribution < -0.4 is 5.73 Å². The Hall–Kier alpha value is 0.0700. The number of rotatable bonds is 7. The Bertz CT molecular complexity index is 342. The molecule has 96 valence electrons. The zero-order valence-corrected chi connectivity index (χ0v) is 13.4. The van der Waals surface area contributed by atoms with Crippen molar-refractivity contribution in [3.8, 4) is 0 Å². The zero-order valence-electron chi connectivity index (χ0n) is 10.3. The molecule has 1 unspecified atom stereocenters. The minimum Gasteiger partial charge on any atom is -0.323 e. The fourth-order valence-corrected chi connectivity index (χ4v) is 3.08. The van der Waals surface area contributed by atoms with Crippen LogP contribution in [0.3, 0.4) is 0 Å². The zero-order chi connectivity index (χ0) is 12.7. The number of pyridine rings is 1. The van der Waals surface area contributed by atoms with Crippen molar-refractivity contribution in [2.45, 2.75) is 51.5 Å². The number of unbranched alkanes of at least 4 members (excludes halogenated alkanes) is 4. The molecule has 1 atom stereocenters. The molecule has 2 nitrogen and oxygen atoms in total. The van der Waals surface area contributed by atoms with Crippen LogP contribution in [0.2, 0.25) is 0 Å². The Morgan fingerprint density at radius 1 is 1.24 bits per heavy atom. The maximum Gasteiger partial charge on any atom is 0.0713 e. The van der Waals surface area contributed by atoms with Crippen molar-refractivity contribution < 1.29 is 0 Å². The minimum atomic E-state index is 0.0408. The molecule has 0 saturated heterocycles. The highest BCUT2D eigenvalue weighted by atomic mass is 79.9. The van der Waals surface area contributed by atoms with Gasteiger partial charge in [0.15, 0.2) is 0 Å². The average molecular weight is 364 g/mol. The molecular formula is C13H20Br2N2. The predicted octanol–water partition coefficient (Wildman–Crippen LogP) is 4.97. The van der Waals surface area contributed by atoms with Gasteiger partial charge in [0.1, 0.15) is 0 Å². The highest BCUT2D eigenvalue weighted by Crippen LogP contribution is 2.26. The maximum atomic E-state index is 6.15. The molecule has 0 aliphatic heterocycles. The van der Waals surface area contributed by atoms with Gasteiger partial charge in [0.2, 0.25) is 0 Å². The summed E-state index contributed by atoms with van der Waals surface area (Å²) in [6.45, 7) is 2.23. The average Bonchev–Trinajstić information content (AvgIpc) is 2.28. The Kier molecular flexibility index (Phi) is 7.32. The van der Waals surface area contributed by atoms with E-state index in [0.29, 0.717) is 0 Å². The van der Waals surface area contributed by atoms with Gasteiger partial charge in [-0.3, -0.25) is 4.98 Å². The van der Waals surface area contributed by atoms with Crippen LogP contribution in [0.1, 0.15) is 57.2 Å². The Morgan fingerprint density at radius 3 is 2.59 bits per heavy atom. The van der Waals surface area contributed by atoms with E-state index in [9.17, 15) is 0 Å². The molecule has 0 aromatic carbocycles. The van der Waals surface area contributed by atoms with Gasteiger partial charge in [-0.15, -0.1) is 0 Å². The van der Waals surface area contributed by atoms with E-state index in [1.165, 1.54) is 32.1 Å². The Labute approximate surface area is 121 Å². The van der Waals surface area contributed by atoms with E-state index in [1.54, 1.807) is 6.20 Å². The van der Waals surface area contributed by atoms with Gasteiger partial charge >= 0.3 is 0 Å². The van der Waals surface area contributed by atoms with Crippen LogP contribution in [0.5, 0.6) is 0 Å². The van der Waals surface area contributed by atoms with Crippen molar-refractivity contribution >= 4 is 31.9 Å². The molecule has 0 aliphatic carbocycles. The van der Waals surface area contributed by atoms with Crippen molar-refractivity contribution in [1.29, 1.82) is 0 Å². The second kappa shape index (κ2) is 8.22. The lowest BCUT2D eigenvalue weighted by Gasteiger charge is -2.12. The molecule has 1 aromatic heterocycles. The molecule has 0 fully saturated rings. The van der Waals surface area contributed by atoms with Crippen LogP contribution in [0, 0.1) is 0 Å². The summed E-state index contributed by atoms with van der Waals surface area (Å²) < 4.78 is 1.97. The molecule has 1 rings (SSSR count). The number of aromatic nitrogens is 1. The fourth-order valence-electron chi connectivity index (χ4n) is 1.80. The third kappa shape index (κ3) is 5.49. The molecule has 0 saturated carbocycles. The van der Waals surface area contributed by atoms with E-state index in [4.69, 9.17) is 5.73 Å². The predicted molar refractivity (Wildman–Crippen MR) is 79.9 cm³/mol. The van der Waals surface area contributed by atoms with Crippen LogP contribution in [-0.2, 0) is 0 Å². The molecule has 1 heterocycles. The number of hydrogen-bond acceptors (Lipinski definition) is 2. The third-order valence-electron chi connectivity index (χ3n) is 2.81. The van der Waals surface area contributed by atoms with Gasteiger partial charge in [-0.1, -0.05) is 39.0 Å². The van der Waals surface area contributed by atoms with Crippen molar-refractivity contribution in [3.05, 3.63) is 26.9 Å². The summed E-state index contributed by atoms with van der Waals surface area (Å²) in [4.78, 5) is 4.37. The Morgan fingerprint density at radius 2 is 1.94 bits per heavy atom. The van der Waals surface area contributed by atoms with E-state index in [2.05, 4.69) is 43.8 Å². The molecule has 0 radical (unpaired) electrons. The lowest BCUT2D eigenvalue weighted by molar-refractivity contribution is 0.546. The summed E-state index contributed by atoms with van der Waals surface area (Å²) >= 11 is 6.90. The van der Waals surface area contributed by atoms with Crippen LogP contribution >= 0.6 is 31.9 Å². The molecule has 17 heavy (non-hydrogen) atoms. The topological polar surface area (TPSA) is 38.9 Å². The normalized spacial score (nSPS) is 12.7. The molecule has 0 amide bonds. The van der Waals surface area contributed by atoms with E-state index in [0.717, 1.165) is 21.1 Å². The standard InChI is InChI=1S/C13H20Br2N2/c1-2-3-4-5-6-7-12(16)13-11(15)8-10(14)9-17-13/h8-9,12H,2-7,16H2,1H3. The first kappa shape index (κ1) is 15.1. The maximum absolute atomic E-state index is 6.15. The molecule has 1 aromatic rings. The second-order valence-corrected chi connectivity index (χ2v) is 6.10. The van der Waals surface area contributed by atoms with Crippen molar-refractivity contribution in [3.63, 3.8) is 0 Å². The number of nitrogens with two attached hydrogens (primary N) is 1. The lowest BCUT2D eigenvalue weighted by atomic mass is 10.0. The molecule has 0 bridgehead atoms. The largest absolute Gasteiger partial charge is 0.323 e. The summed E-state index contributed by atoms with van der Waals surface area (Å²) in [5.41, 5.74) is 7.11. The van der Waals surface area contributed by atoms with Gasteiger partial charge in [0.05, 0.1) is 5.69 Å². The first-order chi connectivity index (χ1) is 8.15. The molecule has 2 N–H and O–H groups in total. The summed E-state index contributed by atoms with van der Waals surface area (Å²) in [5.74, 6) is 0. The van der Waals surface area contributed by atoms with Crippen LogP contribution in [0.25, 0.3) is 0 Å². The molecular weight excluding hydrogens is 344 g/mol. The monoisotopic (exact) mass is 362 g/mol. The second-order valence-electron chi connectivity index (χ2n) is 4.33. The van der Waals surface area contributed by atoms with Gasteiger partial charge < -0.3 is 5.73 Å². The number of halogens is 2. The van der Waals surface area contributed by atoms with E-state index in [1.807, 2.05) is 6.07 Å². The number of hydrogen-bond donors (Lipinski definition) is 1. The summed E-state index contributed by atoms with van der Waals surface area (Å²) in [6, 6.07) is 2.04. The Balaban J connectivity index is 2.38. The van der Waals surface area contributed by atoms with Gasteiger partial charge in [0, 0.05) is 21.2 Å². The summed E-state index contributed by atoms with van der Waals surface area (Å²) in [7, 11) is 0. The first-order valence-electron chi connectivity index (χ1n) is 6.21. The quantitative estimate of drug-likeness (QED) is 0.694. The molecule has 4 heteroatoms. The highest BCUT2D eigenvalue weighted by Gasteiger charge is 2.11. The van der Waals surface area contributed by atoms with Crippen LogP contribution in [0.15, 0.2) is 21.2 Å². The molecule has 0 spiro atoms. The minimum absolute atomic E-state index is 0.0408. The SMILES string of the molecule is CCCCCCCC(N)c1ncc(Br)cc1Br.